The summed E-state index contributed by atoms with van der Waals surface area (Å²) in [6, 6.07) is 22.3. The minimum atomic E-state index is 0.212. The van der Waals surface area contributed by atoms with E-state index in [2.05, 4.69) is 138 Å². The highest BCUT2D eigenvalue weighted by Crippen LogP contribution is 2.40. The first-order valence-electron chi connectivity index (χ1n) is 14.7. The molecule has 3 aromatic carbocycles. The van der Waals surface area contributed by atoms with Crippen molar-refractivity contribution in [3.05, 3.63) is 105 Å². The van der Waals surface area contributed by atoms with Gasteiger partial charge in [0.05, 0.1) is 0 Å². The van der Waals surface area contributed by atoms with Crippen molar-refractivity contribution in [1.29, 1.82) is 0 Å². The summed E-state index contributed by atoms with van der Waals surface area (Å²) in [5, 5.41) is 0. The molecule has 0 unspecified atom stereocenters. The Hall–Kier alpha value is -2.34. The van der Waals surface area contributed by atoms with Crippen LogP contribution in [0.1, 0.15) is 175 Å². The van der Waals surface area contributed by atoms with Crippen LogP contribution in [0.3, 0.4) is 0 Å². The molecule has 0 aliphatic rings. The SMILES string of the molecule is CC(C)c1cc(C(C)C)cc(C(c2cc(C(C)C)cc(C(C)C)c2)c2cc(C(C)C)cc(C(C)C)c2)c1. The Bertz CT molecular complexity index is 957. The lowest BCUT2D eigenvalue weighted by Gasteiger charge is -2.26. The maximum atomic E-state index is 2.50. The molecule has 0 amide bonds. The smallest absolute Gasteiger partial charge is 0.0340 e. The van der Waals surface area contributed by atoms with Crippen molar-refractivity contribution in [3.63, 3.8) is 0 Å². The van der Waals surface area contributed by atoms with Crippen LogP contribution in [0.2, 0.25) is 0 Å². The van der Waals surface area contributed by atoms with Gasteiger partial charge in [0.25, 0.3) is 0 Å². The summed E-state index contributed by atoms with van der Waals surface area (Å²) in [4.78, 5) is 0. The second kappa shape index (κ2) is 12.0. The van der Waals surface area contributed by atoms with Crippen LogP contribution in [0.4, 0.5) is 0 Å². The Morgan fingerprint density at radius 3 is 0.514 bits per heavy atom. The maximum Gasteiger partial charge on any atom is 0.0340 e. The largest absolute Gasteiger partial charge is 0.0587 e. The standard InChI is InChI=1S/C37H52/c1-22(2)28-13-29(23(3)4)17-34(16-28)37(35-18-30(24(5)6)14-31(19-35)25(7)8)36-20-32(26(9)10)15-33(21-36)27(11)12/h13-27,37H,1-12H3. The molecule has 0 heteroatoms. The molecule has 3 aromatic rings. The van der Waals surface area contributed by atoms with E-state index >= 15 is 0 Å². The van der Waals surface area contributed by atoms with Gasteiger partial charge in [0, 0.05) is 5.92 Å². The Morgan fingerprint density at radius 1 is 0.243 bits per heavy atom. The molecule has 0 saturated heterocycles. The highest BCUT2D eigenvalue weighted by atomic mass is 14.3. The number of hydrogen-bond donors (Lipinski definition) is 0. The molecule has 0 N–H and O–H groups in total. The van der Waals surface area contributed by atoms with Crippen LogP contribution in [0.15, 0.2) is 54.6 Å². The van der Waals surface area contributed by atoms with Gasteiger partial charge in [0.15, 0.2) is 0 Å². The van der Waals surface area contributed by atoms with Crippen molar-refractivity contribution < 1.29 is 0 Å². The van der Waals surface area contributed by atoms with E-state index in [1.165, 1.54) is 50.1 Å². The highest BCUT2D eigenvalue weighted by Gasteiger charge is 2.23. The van der Waals surface area contributed by atoms with E-state index < -0.39 is 0 Å². The molecule has 37 heavy (non-hydrogen) atoms. The number of hydrogen-bond acceptors (Lipinski definition) is 0. The van der Waals surface area contributed by atoms with Gasteiger partial charge in [-0.15, -0.1) is 0 Å². The fraction of sp³-hybridized carbons (Fsp3) is 0.514. The van der Waals surface area contributed by atoms with E-state index in [9.17, 15) is 0 Å². The van der Waals surface area contributed by atoms with E-state index in [1.807, 2.05) is 0 Å². The van der Waals surface area contributed by atoms with Crippen LogP contribution in [0.5, 0.6) is 0 Å². The van der Waals surface area contributed by atoms with Crippen LogP contribution in [0.25, 0.3) is 0 Å². The van der Waals surface area contributed by atoms with Crippen LogP contribution in [-0.2, 0) is 0 Å². The van der Waals surface area contributed by atoms with Crippen LogP contribution in [0, 0.1) is 0 Å². The summed E-state index contributed by atoms with van der Waals surface area (Å²) in [7, 11) is 0. The summed E-state index contributed by atoms with van der Waals surface area (Å²) in [6.07, 6.45) is 0. The summed E-state index contributed by atoms with van der Waals surface area (Å²) in [6.45, 7) is 27.9. The van der Waals surface area contributed by atoms with Gasteiger partial charge in [-0.1, -0.05) is 138 Å². The second-order valence-corrected chi connectivity index (χ2v) is 13.2. The first-order chi connectivity index (χ1) is 17.3. The van der Waals surface area contributed by atoms with Crippen molar-refractivity contribution in [2.24, 2.45) is 0 Å². The zero-order valence-electron chi connectivity index (χ0n) is 25.7. The number of benzene rings is 3. The fourth-order valence-electron chi connectivity index (χ4n) is 5.18. The van der Waals surface area contributed by atoms with Crippen LogP contribution in [-0.4, -0.2) is 0 Å². The maximum absolute atomic E-state index is 2.50. The van der Waals surface area contributed by atoms with Crippen molar-refractivity contribution >= 4 is 0 Å². The van der Waals surface area contributed by atoms with Crippen molar-refractivity contribution in [2.45, 2.75) is 125 Å². The lowest BCUT2D eigenvalue weighted by Crippen LogP contribution is -2.10. The molecule has 0 spiro atoms. The summed E-state index contributed by atoms with van der Waals surface area (Å²) < 4.78 is 0. The molecular formula is C37H52. The third-order valence-corrected chi connectivity index (χ3v) is 8.00. The van der Waals surface area contributed by atoms with E-state index in [-0.39, 0.29) is 5.92 Å². The minimum absolute atomic E-state index is 0.212. The molecule has 3 rings (SSSR count). The lowest BCUT2D eigenvalue weighted by atomic mass is 9.78. The average Bonchev–Trinajstić information content (AvgIpc) is 2.83. The predicted molar refractivity (Wildman–Crippen MR) is 165 cm³/mol. The highest BCUT2D eigenvalue weighted by molar-refractivity contribution is 5.51. The molecule has 0 fully saturated rings. The molecule has 0 bridgehead atoms. The molecule has 0 nitrogen and oxygen atoms in total. The molecule has 0 aliphatic carbocycles. The second-order valence-electron chi connectivity index (χ2n) is 13.2. The van der Waals surface area contributed by atoms with Crippen LogP contribution < -0.4 is 0 Å². The van der Waals surface area contributed by atoms with Crippen LogP contribution >= 0.6 is 0 Å². The molecule has 0 saturated carbocycles. The minimum Gasteiger partial charge on any atom is -0.0587 e. The van der Waals surface area contributed by atoms with Gasteiger partial charge in [0.2, 0.25) is 0 Å². The van der Waals surface area contributed by atoms with Gasteiger partial charge in [-0.25, -0.2) is 0 Å². The molecule has 0 atom stereocenters. The first kappa shape index (κ1) is 29.2. The number of rotatable bonds is 9. The molecule has 200 valence electrons. The van der Waals surface area contributed by atoms with E-state index in [0.717, 1.165) is 0 Å². The Labute approximate surface area is 228 Å². The fourth-order valence-corrected chi connectivity index (χ4v) is 5.18. The van der Waals surface area contributed by atoms with Gasteiger partial charge < -0.3 is 0 Å². The summed E-state index contributed by atoms with van der Waals surface area (Å²) >= 11 is 0. The molecule has 0 aliphatic heterocycles. The van der Waals surface area contributed by atoms with E-state index in [0.29, 0.717) is 35.5 Å². The summed E-state index contributed by atoms with van der Waals surface area (Å²) in [5.74, 6) is 3.21. The molecule has 0 aromatic heterocycles. The van der Waals surface area contributed by atoms with Gasteiger partial charge in [0.1, 0.15) is 0 Å². The monoisotopic (exact) mass is 496 g/mol. The Morgan fingerprint density at radius 2 is 0.378 bits per heavy atom. The Balaban J connectivity index is 2.43. The zero-order valence-corrected chi connectivity index (χ0v) is 25.7. The predicted octanol–water partition coefficient (Wildman–Crippen LogP) is 11.6. The van der Waals surface area contributed by atoms with Crippen molar-refractivity contribution in [2.75, 3.05) is 0 Å². The van der Waals surface area contributed by atoms with Gasteiger partial charge in [-0.05, 0) is 85.6 Å². The van der Waals surface area contributed by atoms with Crippen molar-refractivity contribution in [1.82, 2.24) is 0 Å². The van der Waals surface area contributed by atoms with Gasteiger partial charge in [-0.3, -0.25) is 0 Å². The Kier molecular flexibility index (Phi) is 9.49. The third kappa shape index (κ3) is 6.95. The zero-order chi connectivity index (χ0) is 27.6. The first-order valence-corrected chi connectivity index (χ1v) is 14.7. The normalized spacial score (nSPS) is 12.4. The van der Waals surface area contributed by atoms with Gasteiger partial charge in [-0.2, -0.15) is 0 Å². The van der Waals surface area contributed by atoms with E-state index in [4.69, 9.17) is 0 Å². The molecule has 0 radical (unpaired) electrons. The topological polar surface area (TPSA) is 0 Å². The average molecular weight is 497 g/mol. The van der Waals surface area contributed by atoms with Gasteiger partial charge >= 0.3 is 0 Å². The van der Waals surface area contributed by atoms with E-state index in [1.54, 1.807) is 0 Å². The van der Waals surface area contributed by atoms with Crippen molar-refractivity contribution in [3.8, 4) is 0 Å². The molecular weight excluding hydrogens is 444 g/mol. The third-order valence-electron chi connectivity index (χ3n) is 8.00. The molecule has 0 heterocycles. The summed E-state index contributed by atoms with van der Waals surface area (Å²) in [5.41, 5.74) is 13.0. The lowest BCUT2D eigenvalue weighted by molar-refractivity contribution is 0.802. The quantitative estimate of drug-likeness (QED) is 0.258.